The molecule has 2 aliphatic rings. The maximum absolute atomic E-state index is 11.8. The van der Waals surface area contributed by atoms with E-state index in [-0.39, 0.29) is 19.0 Å². The van der Waals surface area contributed by atoms with E-state index < -0.39 is 18.1 Å². The molecule has 0 unspecified atom stereocenters. The fraction of sp³-hybridized carbons (Fsp3) is 0.833. The number of aliphatic hydroxyl groups excluding tert-OH is 1. The third-order valence-electron chi connectivity index (χ3n) is 3.59. The van der Waals surface area contributed by atoms with Gasteiger partial charge in [-0.1, -0.05) is 12.8 Å². The molecule has 2 atom stereocenters. The van der Waals surface area contributed by atoms with E-state index in [1.807, 2.05) is 0 Å². The first-order valence-corrected chi connectivity index (χ1v) is 6.53. The molecule has 1 aliphatic heterocycles. The van der Waals surface area contributed by atoms with Gasteiger partial charge in [-0.25, -0.2) is 9.59 Å². The van der Waals surface area contributed by atoms with Gasteiger partial charge in [-0.3, -0.25) is 0 Å². The Kier molecular flexibility index (Phi) is 4.06. The molecule has 1 saturated heterocycles. The van der Waals surface area contributed by atoms with E-state index in [1.54, 1.807) is 0 Å². The monoisotopic (exact) mass is 256 g/mol. The van der Waals surface area contributed by atoms with Crippen molar-refractivity contribution in [3.63, 3.8) is 0 Å². The molecular formula is C12H20N2O4. The minimum absolute atomic E-state index is 0.103. The molecule has 6 nitrogen and oxygen atoms in total. The minimum atomic E-state index is -1.06. The summed E-state index contributed by atoms with van der Waals surface area (Å²) in [5.41, 5.74) is 0. The van der Waals surface area contributed by atoms with Crippen molar-refractivity contribution in [2.75, 3.05) is 13.1 Å². The van der Waals surface area contributed by atoms with Crippen LogP contribution >= 0.6 is 0 Å². The zero-order valence-corrected chi connectivity index (χ0v) is 10.3. The van der Waals surface area contributed by atoms with Crippen LogP contribution in [0.3, 0.4) is 0 Å². The van der Waals surface area contributed by atoms with Crippen molar-refractivity contribution in [2.45, 2.75) is 44.2 Å². The first kappa shape index (κ1) is 13.1. The van der Waals surface area contributed by atoms with Gasteiger partial charge in [0, 0.05) is 19.5 Å². The van der Waals surface area contributed by atoms with E-state index in [0.29, 0.717) is 6.54 Å². The lowest BCUT2D eigenvalue weighted by Gasteiger charge is -2.21. The molecule has 3 N–H and O–H groups in total. The molecule has 0 aromatic rings. The van der Waals surface area contributed by atoms with Gasteiger partial charge in [0.2, 0.25) is 0 Å². The highest BCUT2D eigenvalue weighted by Gasteiger charge is 2.38. The zero-order valence-electron chi connectivity index (χ0n) is 10.3. The topological polar surface area (TPSA) is 89.9 Å². The van der Waals surface area contributed by atoms with E-state index in [2.05, 4.69) is 5.32 Å². The number of nitrogens with one attached hydrogen (secondary N) is 1. The summed E-state index contributed by atoms with van der Waals surface area (Å²) in [4.78, 5) is 24.0. The summed E-state index contributed by atoms with van der Waals surface area (Å²) in [6.07, 6.45) is 4.05. The zero-order chi connectivity index (χ0) is 13.1. The molecule has 0 aromatic carbocycles. The third kappa shape index (κ3) is 3.35. The largest absolute Gasteiger partial charge is 0.480 e. The number of carbonyl (C=O) groups excluding carboxylic acids is 1. The molecule has 0 spiro atoms. The van der Waals surface area contributed by atoms with Gasteiger partial charge in [-0.2, -0.15) is 0 Å². The maximum atomic E-state index is 11.8. The molecule has 2 fully saturated rings. The summed E-state index contributed by atoms with van der Waals surface area (Å²) in [7, 11) is 0. The molecule has 1 saturated carbocycles. The number of hydrogen-bond acceptors (Lipinski definition) is 3. The number of hydrogen-bond donors (Lipinski definition) is 3. The Balaban J connectivity index is 1.73. The SMILES string of the molecule is O=C(O)[C@@H]1C[C@H](O)CN1C(=O)NCCCC1CC1. The van der Waals surface area contributed by atoms with Crippen molar-refractivity contribution in [1.29, 1.82) is 0 Å². The lowest BCUT2D eigenvalue weighted by Crippen LogP contribution is -2.46. The summed E-state index contributed by atoms with van der Waals surface area (Å²) in [5.74, 6) is -0.220. The quantitative estimate of drug-likeness (QED) is 0.621. The first-order chi connectivity index (χ1) is 8.58. The van der Waals surface area contributed by atoms with Crippen LogP contribution in [0.5, 0.6) is 0 Å². The molecule has 6 heteroatoms. The second-order valence-corrected chi connectivity index (χ2v) is 5.21. The molecule has 18 heavy (non-hydrogen) atoms. The Morgan fingerprint density at radius 1 is 1.33 bits per heavy atom. The van der Waals surface area contributed by atoms with Gasteiger partial charge in [0.1, 0.15) is 6.04 Å². The third-order valence-corrected chi connectivity index (χ3v) is 3.59. The van der Waals surface area contributed by atoms with Gasteiger partial charge in [-0.15, -0.1) is 0 Å². The maximum Gasteiger partial charge on any atom is 0.326 e. The Hall–Kier alpha value is -1.30. The van der Waals surface area contributed by atoms with Gasteiger partial charge in [0.15, 0.2) is 0 Å². The number of nitrogens with zero attached hydrogens (tertiary/aromatic N) is 1. The van der Waals surface area contributed by atoms with Crippen LogP contribution in [0.1, 0.15) is 32.1 Å². The summed E-state index contributed by atoms with van der Waals surface area (Å²) >= 11 is 0. The normalized spacial score (nSPS) is 27.3. The predicted molar refractivity (Wildman–Crippen MR) is 64.1 cm³/mol. The Morgan fingerprint density at radius 3 is 2.67 bits per heavy atom. The number of rotatable bonds is 5. The molecule has 0 radical (unpaired) electrons. The van der Waals surface area contributed by atoms with Crippen molar-refractivity contribution < 1.29 is 19.8 Å². The predicted octanol–water partition coefficient (Wildman–Crippen LogP) is 0.406. The second kappa shape index (κ2) is 5.56. The van der Waals surface area contributed by atoms with Gasteiger partial charge in [0.25, 0.3) is 0 Å². The number of carboxylic acids is 1. The number of amides is 2. The van der Waals surface area contributed by atoms with Gasteiger partial charge < -0.3 is 20.4 Å². The van der Waals surface area contributed by atoms with Crippen LogP contribution in [-0.4, -0.2) is 52.3 Å². The van der Waals surface area contributed by atoms with Gasteiger partial charge in [-0.05, 0) is 18.8 Å². The summed E-state index contributed by atoms with van der Waals surface area (Å²) in [6, 6.07) is -1.28. The van der Waals surface area contributed by atoms with Crippen molar-refractivity contribution in [2.24, 2.45) is 5.92 Å². The number of likely N-dealkylation sites (tertiary alicyclic amines) is 1. The standard InChI is InChI=1S/C12H20N2O4/c15-9-6-10(11(16)17)14(7-9)12(18)13-5-1-2-8-3-4-8/h8-10,15H,1-7H2,(H,13,18)(H,16,17)/t9-,10-/m0/s1. The molecule has 0 aromatic heterocycles. The van der Waals surface area contributed by atoms with Crippen LogP contribution in [0.25, 0.3) is 0 Å². The van der Waals surface area contributed by atoms with Crippen molar-refractivity contribution in [3.05, 3.63) is 0 Å². The highest BCUT2D eigenvalue weighted by molar-refractivity contribution is 5.83. The number of β-amino-alcohol motifs (C(OH)–C–C–N with tert-alkyl or cyclic N) is 1. The van der Waals surface area contributed by atoms with Gasteiger partial charge >= 0.3 is 12.0 Å². The lowest BCUT2D eigenvalue weighted by molar-refractivity contribution is -0.141. The molecule has 2 amide bonds. The van der Waals surface area contributed by atoms with Crippen LogP contribution in [-0.2, 0) is 4.79 Å². The van der Waals surface area contributed by atoms with Gasteiger partial charge in [0.05, 0.1) is 6.10 Å². The average Bonchev–Trinajstić information content (AvgIpc) is 3.05. The lowest BCUT2D eigenvalue weighted by atomic mass is 10.2. The minimum Gasteiger partial charge on any atom is -0.480 e. The van der Waals surface area contributed by atoms with E-state index in [1.165, 1.54) is 17.7 Å². The number of aliphatic hydroxyl groups is 1. The van der Waals surface area contributed by atoms with E-state index >= 15 is 0 Å². The highest BCUT2D eigenvalue weighted by atomic mass is 16.4. The summed E-state index contributed by atoms with van der Waals surface area (Å²) < 4.78 is 0. The smallest absolute Gasteiger partial charge is 0.326 e. The molecule has 2 rings (SSSR count). The summed E-state index contributed by atoms with van der Waals surface area (Å²) in [6.45, 7) is 0.680. The van der Waals surface area contributed by atoms with Crippen LogP contribution < -0.4 is 5.32 Å². The number of carbonyl (C=O) groups is 2. The first-order valence-electron chi connectivity index (χ1n) is 6.53. The number of urea groups is 1. The molecular weight excluding hydrogens is 236 g/mol. The van der Waals surface area contributed by atoms with E-state index in [9.17, 15) is 14.7 Å². The Labute approximate surface area is 106 Å². The molecule has 0 bridgehead atoms. The Morgan fingerprint density at radius 2 is 2.06 bits per heavy atom. The molecule has 1 aliphatic carbocycles. The van der Waals surface area contributed by atoms with Crippen LogP contribution in [0, 0.1) is 5.92 Å². The van der Waals surface area contributed by atoms with E-state index in [4.69, 9.17) is 5.11 Å². The second-order valence-electron chi connectivity index (χ2n) is 5.21. The van der Waals surface area contributed by atoms with Crippen LogP contribution in [0.15, 0.2) is 0 Å². The fourth-order valence-electron chi connectivity index (χ4n) is 2.37. The number of carboxylic acid groups (broad SMARTS) is 1. The Bertz CT molecular complexity index is 330. The fourth-order valence-corrected chi connectivity index (χ4v) is 2.37. The van der Waals surface area contributed by atoms with Crippen LogP contribution in [0.2, 0.25) is 0 Å². The van der Waals surface area contributed by atoms with Crippen molar-refractivity contribution in [3.8, 4) is 0 Å². The van der Waals surface area contributed by atoms with Crippen molar-refractivity contribution >= 4 is 12.0 Å². The average molecular weight is 256 g/mol. The molecule has 1 heterocycles. The number of aliphatic carboxylic acids is 1. The highest BCUT2D eigenvalue weighted by Crippen LogP contribution is 2.33. The van der Waals surface area contributed by atoms with Crippen molar-refractivity contribution in [1.82, 2.24) is 10.2 Å². The molecule has 102 valence electrons. The van der Waals surface area contributed by atoms with E-state index in [0.717, 1.165) is 18.8 Å². The van der Waals surface area contributed by atoms with Crippen LogP contribution in [0.4, 0.5) is 4.79 Å². The summed E-state index contributed by atoms with van der Waals surface area (Å²) in [5, 5.41) is 21.1.